The van der Waals surface area contributed by atoms with Crippen LogP contribution >= 0.6 is 0 Å². The van der Waals surface area contributed by atoms with Crippen molar-refractivity contribution in [2.75, 3.05) is 33.4 Å². The number of H-pyrrole nitrogens is 1. The first-order valence-electron chi connectivity index (χ1n) is 12.3. The molecule has 2 fully saturated rings. The number of likely N-dealkylation sites (tertiary alicyclic amines) is 1. The van der Waals surface area contributed by atoms with Crippen molar-refractivity contribution in [3.8, 4) is 23.1 Å². The highest BCUT2D eigenvalue weighted by Gasteiger charge is 2.39. The molecule has 10 heteroatoms. The standard InChI is InChI=1S/C27H27FN4O5/c1-15-9-17-19(31-15)3-4-22(26(17)28)37-27-18-10-23(34-2)24(11-20(18)29-14-30-27)36-8-6-25(33)32-12-16(13-32)21-5-7-35-21/h3-4,9-11,14,16,21,31H,5-8,12-13H2,1-2H3. The van der Waals surface area contributed by atoms with Crippen molar-refractivity contribution < 1.29 is 28.1 Å². The SMILES string of the molecule is COc1cc2c(Oc3ccc4[nH]c(C)cc4c3F)ncnc2cc1OCCC(=O)N1CC(C2CCO2)C1. The number of hydrogen-bond acceptors (Lipinski definition) is 7. The molecule has 192 valence electrons. The molecule has 4 aromatic rings. The topological polar surface area (TPSA) is 98.8 Å². The Morgan fingerprint density at radius 2 is 2.00 bits per heavy atom. The van der Waals surface area contributed by atoms with Crippen molar-refractivity contribution in [2.45, 2.75) is 25.9 Å². The molecule has 1 atom stereocenters. The summed E-state index contributed by atoms with van der Waals surface area (Å²) < 4.78 is 37.9. The van der Waals surface area contributed by atoms with Gasteiger partial charge in [-0.15, -0.1) is 0 Å². The van der Waals surface area contributed by atoms with Crippen LogP contribution in [-0.2, 0) is 9.53 Å². The molecule has 1 amide bonds. The Bertz CT molecular complexity index is 1480. The molecule has 0 saturated carbocycles. The number of methoxy groups -OCH3 is 1. The maximum absolute atomic E-state index is 15.1. The number of aromatic amines is 1. The van der Waals surface area contributed by atoms with E-state index in [0.29, 0.717) is 45.3 Å². The minimum absolute atomic E-state index is 0.0569. The zero-order valence-corrected chi connectivity index (χ0v) is 20.6. The number of benzene rings is 2. The van der Waals surface area contributed by atoms with E-state index < -0.39 is 5.82 Å². The highest BCUT2D eigenvalue weighted by molar-refractivity contribution is 5.87. The number of amides is 1. The molecule has 37 heavy (non-hydrogen) atoms. The van der Waals surface area contributed by atoms with Gasteiger partial charge in [0, 0.05) is 48.3 Å². The van der Waals surface area contributed by atoms with Gasteiger partial charge in [0.1, 0.15) is 6.33 Å². The molecule has 2 saturated heterocycles. The Hall–Kier alpha value is -3.92. The lowest BCUT2D eigenvalue weighted by atomic mass is 9.89. The van der Waals surface area contributed by atoms with Gasteiger partial charge in [0.05, 0.1) is 37.1 Å². The number of halogens is 1. The molecular weight excluding hydrogens is 479 g/mol. The lowest BCUT2D eigenvalue weighted by Crippen LogP contribution is -2.57. The van der Waals surface area contributed by atoms with Crippen LogP contribution in [0.2, 0.25) is 0 Å². The third-order valence-corrected chi connectivity index (χ3v) is 7.02. The minimum atomic E-state index is -0.473. The van der Waals surface area contributed by atoms with Crippen LogP contribution in [-0.4, -0.2) is 65.3 Å². The Morgan fingerprint density at radius 3 is 2.76 bits per heavy atom. The molecule has 1 N–H and O–H groups in total. The normalized spacial score (nSPS) is 17.5. The van der Waals surface area contributed by atoms with Crippen molar-refractivity contribution in [3.05, 3.63) is 48.2 Å². The maximum Gasteiger partial charge on any atom is 0.230 e. The van der Waals surface area contributed by atoms with E-state index in [2.05, 4.69) is 15.0 Å². The number of rotatable bonds is 8. The predicted molar refractivity (Wildman–Crippen MR) is 134 cm³/mol. The van der Waals surface area contributed by atoms with Crippen molar-refractivity contribution in [2.24, 2.45) is 5.92 Å². The van der Waals surface area contributed by atoms with E-state index >= 15 is 4.39 Å². The summed E-state index contributed by atoms with van der Waals surface area (Å²) in [4.78, 5) is 26.0. The van der Waals surface area contributed by atoms with Gasteiger partial charge in [-0.1, -0.05) is 0 Å². The van der Waals surface area contributed by atoms with Crippen LogP contribution in [0.3, 0.4) is 0 Å². The average molecular weight is 507 g/mol. The van der Waals surface area contributed by atoms with Crippen molar-refractivity contribution >= 4 is 27.7 Å². The van der Waals surface area contributed by atoms with E-state index in [0.717, 1.165) is 31.8 Å². The number of carbonyl (C=O) groups is 1. The number of carbonyl (C=O) groups excluding carboxylic acids is 1. The van der Waals surface area contributed by atoms with Gasteiger partial charge >= 0.3 is 0 Å². The molecule has 2 aromatic carbocycles. The van der Waals surface area contributed by atoms with Gasteiger partial charge in [-0.05, 0) is 37.6 Å². The molecule has 0 radical (unpaired) electrons. The molecular formula is C27H27FN4O5. The zero-order valence-electron chi connectivity index (χ0n) is 20.6. The van der Waals surface area contributed by atoms with Gasteiger partial charge in [0.15, 0.2) is 23.1 Å². The van der Waals surface area contributed by atoms with Crippen LogP contribution in [0.5, 0.6) is 23.1 Å². The molecule has 0 bridgehead atoms. The molecule has 0 aliphatic carbocycles. The van der Waals surface area contributed by atoms with Crippen LogP contribution in [0.25, 0.3) is 21.8 Å². The van der Waals surface area contributed by atoms with Crippen LogP contribution in [0.4, 0.5) is 4.39 Å². The first-order chi connectivity index (χ1) is 18.0. The van der Waals surface area contributed by atoms with E-state index in [-0.39, 0.29) is 30.6 Å². The Morgan fingerprint density at radius 1 is 1.16 bits per heavy atom. The maximum atomic E-state index is 15.1. The molecule has 0 spiro atoms. The largest absolute Gasteiger partial charge is 0.493 e. The summed E-state index contributed by atoms with van der Waals surface area (Å²) in [5.41, 5.74) is 2.09. The fourth-order valence-electron chi connectivity index (χ4n) is 4.85. The third-order valence-electron chi connectivity index (χ3n) is 7.02. The van der Waals surface area contributed by atoms with Gasteiger partial charge in [-0.2, -0.15) is 0 Å². The highest BCUT2D eigenvalue weighted by Crippen LogP contribution is 2.37. The van der Waals surface area contributed by atoms with Crippen molar-refractivity contribution in [1.82, 2.24) is 19.9 Å². The number of fused-ring (bicyclic) bond motifs is 2. The van der Waals surface area contributed by atoms with Crippen LogP contribution in [0, 0.1) is 18.7 Å². The fourth-order valence-corrected chi connectivity index (χ4v) is 4.85. The predicted octanol–water partition coefficient (Wildman–Crippen LogP) is 4.38. The first-order valence-corrected chi connectivity index (χ1v) is 12.3. The summed E-state index contributed by atoms with van der Waals surface area (Å²) in [6.07, 6.45) is 3.01. The number of aromatic nitrogens is 3. The zero-order chi connectivity index (χ0) is 25.5. The second-order valence-corrected chi connectivity index (χ2v) is 9.45. The van der Waals surface area contributed by atoms with Gasteiger partial charge in [-0.25, -0.2) is 14.4 Å². The van der Waals surface area contributed by atoms with Crippen LogP contribution < -0.4 is 14.2 Å². The third kappa shape index (κ3) is 4.42. The summed E-state index contributed by atoms with van der Waals surface area (Å²) in [6.45, 7) is 4.40. The van der Waals surface area contributed by atoms with Gasteiger partial charge < -0.3 is 28.8 Å². The lowest BCUT2D eigenvalue weighted by molar-refractivity contribution is -0.153. The average Bonchev–Trinajstić information content (AvgIpc) is 3.22. The monoisotopic (exact) mass is 506 g/mol. The summed E-state index contributed by atoms with van der Waals surface area (Å²) >= 11 is 0. The molecule has 6 rings (SSSR count). The molecule has 4 heterocycles. The van der Waals surface area contributed by atoms with E-state index in [1.807, 2.05) is 11.8 Å². The summed E-state index contributed by atoms with van der Waals surface area (Å²) in [5.74, 6) is 1.18. The summed E-state index contributed by atoms with van der Waals surface area (Å²) in [7, 11) is 1.52. The second-order valence-electron chi connectivity index (χ2n) is 9.45. The van der Waals surface area contributed by atoms with Crippen molar-refractivity contribution in [1.29, 1.82) is 0 Å². The number of hydrogen-bond donors (Lipinski definition) is 1. The quantitative estimate of drug-likeness (QED) is 0.379. The number of nitrogens with zero attached hydrogens (tertiary/aromatic N) is 3. The second kappa shape index (κ2) is 9.51. The molecule has 1 unspecified atom stereocenters. The molecule has 2 aromatic heterocycles. The van der Waals surface area contributed by atoms with Gasteiger partial charge in [-0.3, -0.25) is 4.79 Å². The van der Waals surface area contributed by atoms with Gasteiger partial charge in [0.25, 0.3) is 0 Å². The van der Waals surface area contributed by atoms with E-state index in [1.165, 1.54) is 13.4 Å². The van der Waals surface area contributed by atoms with Crippen molar-refractivity contribution in [3.63, 3.8) is 0 Å². The fraction of sp³-hybridized carbons (Fsp3) is 0.370. The van der Waals surface area contributed by atoms with Gasteiger partial charge in [0.2, 0.25) is 11.8 Å². The number of nitrogens with one attached hydrogen (secondary N) is 1. The molecule has 9 nitrogen and oxygen atoms in total. The van der Waals surface area contributed by atoms with E-state index in [4.69, 9.17) is 18.9 Å². The Labute approximate surface area is 212 Å². The summed E-state index contributed by atoms with van der Waals surface area (Å²) in [6, 6.07) is 8.45. The van der Waals surface area contributed by atoms with E-state index in [1.54, 1.807) is 30.3 Å². The molecule has 2 aliphatic heterocycles. The molecule has 2 aliphatic rings. The van der Waals surface area contributed by atoms with Crippen LogP contribution in [0.1, 0.15) is 18.5 Å². The lowest BCUT2D eigenvalue weighted by Gasteiger charge is -2.46. The Balaban J connectivity index is 1.16. The number of ether oxygens (including phenoxy) is 4. The smallest absolute Gasteiger partial charge is 0.230 e. The summed E-state index contributed by atoms with van der Waals surface area (Å²) in [5, 5.41) is 0.985. The Kier molecular flexibility index (Phi) is 6.03. The number of aryl methyl sites for hydroxylation is 1. The van der Waals surface area contributed by atoms with Crippen LogP contribution in [0.15, 0.2) is 36.7 Å². The minimum Gasteiger partial charge on any atom is -0.493 e. The van der Waals surface area contributed by atoms with E-state index in [9.17, 15) is 4.79 Å². The first kappa shape index (κ1) is 23.5. The highest BCUT2D eigenvalue weighted by atomic mass is 19.1.